The molecule has 2 amide bonds. The third-order valence-corrected chi connectivity index (χ3v) is 6.87. The number of nitrogens with one attached hydrogen (secondary N) is 2. The van der Waals surface area contributed by atoms with Gasteiger partial charge in [0.15, 0.2) is 5.11 Å². The highest BCUT2D eigenvalue weighted by molar-refractivity contribution is 7.80. The summed E-state index contributed by atoms with van der Waals surface area (Å²) >= 11 is 11.4. The van der Waals surface area contributed by atoms with Gasteiger partial charge in [-0.3, -0.25) is 14.9 Å². The van der Waals surface area contributed by atoms with Crippen LogP contribution >= 0.6 is 23.8 Å². The van der Waals surface area contributed by atoms with E-state index in [1.165, 1.54) is 0 Å². The first-order valence-electron chi connectivity index (χ1n) is 12.0. The molecule has 6 nitrogen and oxygen atoms in total. The molecule has 5 rings (SSSR count). The van der Waals surface area contributed by atoms with Crippen molar-refractivity contribution in [2.75, 3.05) is 36.4 Å². The molecule has 0 bridgehead atoms. The van der Waals surface area contributed by atoms with Gasteiger partial charge in [0.05, 0.1) is 11.4 Å². The van der Waals surface area contributed by atoms with E-state index >= 15 is 0 Å². The standard InChI is InChI=1S/C29H25ClN4O2S/c30-22-14-12-21(13-15-22)28(36)34-18-16-33(17-19-34)26-11-4-3-10-25(26)31-29(37)32-27(35)24-9-5-7-20-6-1-2-8-23(20)24/h1-15H,16-19H2,(H2,31,32,35,37). The molecule has 1 fully saturated rings. The molecule has 0 unspecified atom stereocenters. The summed E-state index contributed by atoms with van der Waals surface area (Å²) in [6.07, 6.45) is 0. The number of piperazine rings is 1. The second-order valence-corrected chi connectivity index (χ2v) is 9.58. The van der Waals surface area contributed by atoms with Crippen LogP contribution in [0.2, 0.25) is 5.02 Å². The van der Waals surface area contributed by atoms with Gasteiger partial charge >= 0.3 is 0 Å². The Morgan fingerprint density at radius 2 is 1.46 bits per heavy atom. The Morgan fingerprint density at radius 1 is 0.784 bits per heavy atom. The Labute approximate surface area is 225 Å². The minimum absolute atomic E-state index is 0.0000490. The lowest BCUT2D eigenvalue weighted by atomic mass is 10.0. The number of thiocarbonyl (C=S) groups is 1. The lowest BCUT2D eigenvalue weighted by molar-refractivity contribution is 0.0746. The zero-order chi connectivity index (χ0) is 25.8. The Hall–Kier alpha value is -3.94. The summed E-state index contributed by atoms with van der Waals surface area (Å²) in [5, 5.41) is 8.70. The molecule has 1 aliphatic rings. The molecular weight excluding hydrogens is 504 g/mol. The maximum atomic E-state index is 13.0. The fourth-order valence-corrected chi connectivity index (χ4v) is 4.86. The Morgan fingerprint density at radius 3 is 2.24 bits per heavy atom. The summed E-state index contributed by atoms with van der Waals surface area (Å²) in [6, 6.07) is 28.2. The van der Waals surface area contributed by atoms with Crippen molar-refractivity contribution in [2.45, 2.75) is 0 Å². The third-order valence-electron chi connectivity index (χ3n) is 6.41. The number of carbonyl (C=O) groups is 2. The maximum Gasteiger partial charge on any atom is 0.258 e. The van der Waals surface area contributed by atoms with Crippen LogP contribution in [-0.2, 0) is 0 Å². The summed E-state index contributed by atoms with van der Waals surface area (Å²) in [7, 11) is 0. The quantitative estimate of drug-likeness (QED) is 0.338. The van der Waals surface area contributed by atoms with Crippen LogP contribution in [0.3, 0.4) is 0 Å². The smallest absolute Gasteiger partial charge is 0.258 e. The van der Waals surface area contributed by atoms with E-state index in [4.69, 9.17) is 23.8 Å². The number of anilines is 2. The number of halogens is 1. The topological polar surface area (TPSA) is 64.7 Å². The molecule has 37 heavy (non-hydrogen) atoms. The monoisotopic (exact) mass is 528 g/mol. The van der Waals surface area contributed by atoms with Gasteiger partial charge in [-0.25, -0.2) is 0 Å². The Kier molecular flexibility index (Phi) is 7.35. The number of hydrogen-bond acceptors (Lipinski definition) is 4. The first-order valence-corrected chi connectivity index (χ1v) is 12.8. The first kappa shape index (κ1) is 24.7. The number of hydrogen-bond donors (Lipinski definition) is 2. The van der Waals surface area contributed by atoms with Crippen molar-refractivity contribution in [2.24, 2.45) is 0 Å². The highest BCUT2D eigenvalue weighted by atomic mass is 35.5. The van der Waals surface area contributed by atoms with Gasteiger partial charge in [-0.2, -0.15) is 0 Å². The largest absolute Gasteiger partial charge is 0.366 e. The van der Waals surface area contributed by atoms with Gasteiger partial charge in [0.25, 0.3) is 11.8 Å². The van der Waals surface area contributed by atoms with Crippen molar-refractivity contribution in [1.29, 1.82) is 0 Å². The van der Waals surface area contributed by atoms with Crippen molar-refractivity contribution < 1.29 is 9.59 Å². The third kappa shape index (κ3) is 5.58. The molecule has 186 valence electrons. The average Bonchev–Trinajstić information content (AvgIpc) is 2.93. The van der Waals surface area contributed by atoms with E-state index in [0.29, 0.717) is 42.3 Å². The van der Waals surface area contributed by atoms with Crippen LogP contribution in [0.15, 0.2) is 91.0 Å². The highest BCUT2D eigenvalue weighted by Gasteiger charge is 2.24. The van der Waals surface area contributed by atoms with E-state index in [2.05, 4.69) is 15.5 Å². The van der Waals surface area contributed by atoms with Crippen molar-refractivity contribution in [3.63, 3.8) is 0 Å². The predicted molar refractivity (Wildman–Crippen MR) is 154 cm³/mol. The van der Waals surface area contributed by atoms with Crippen molar-refractivity contribution in [3.05, 3.63) is 107 Å². The van der Waals surface area contributed by atoms with Crippen molar-refractivity contribution in [3.8, 4) is 0 Å². The van der Waals surface area contributed by atoms with Crippen LogP contribution in [0.25, 0.3) is 10.8 Å². The predicted octanol–water partition coefficient (Wildman–Crippen LogP) is 5.58. The fraction of sp³-hybridized carbons (Fsp3) is 0.138. The second-order valence-electron chi connectivity index (χ2n) is 8.74. The van der Waals surface area contributed by atoms with E-state index in [1.807, 2.05) is 65.6 Å². The first-order chi connectivity index (χ1) is 18.0. The number of benzene rings is 4. The molecule has 4 aromatic carbocycles. The molecule has 4 aromatic rings. The number of para-hydroxylation sites is 2. The molecule has 0 saturated carbocycles. The lowest BCUT2D eigenvalue weighted by Crippen LogP contribution is -2.49. The van der Waals surface area contributed by atoms with E-state index in [9.17, 15) is 9.59 Å². The normalized spacial score (nSPS) is 13.3. The SMILES string of the molecule is O=C(NC(=S)Nc1ccccc1N1CCN(C(=O)c2ccc(Cl)cc2)CC1)c1cccc2ccccc12. The second kappa shape index (κ2) is 11.0. The van der Waals surface area contributed by atoms with E-state index in [0.717, 1.165) is 22.1 Å². The van der Waals surface area contributed by atoms with Crippen LogP contribution in [0.1, 0.15) is 20.7 Å². The summed E-state index contributed by atoms with van der Waals surface area (Å²) < 4.78 is 0. The number of amides is 2. The van der Waals surface area contributed by atoms with Crippen molar-refractivity contribution >= 4 is 62.9 Å². The summed E-state index contributed by atoms with van der Waals surface area (Å²) in [5.41, 5.74) is 2.95. The van der Waals surface area contributed by atoms with Crippen LogP contribution in [0, 0.1) is 0 Å². The number of nitrogens with zero attached hydrogens (tertiary/aromatic N) is 2. The van der Waals surface area contributed by atoms with Crippen LogP contribution < -0.4 is 15.5 Å². The number of carbonyl (C=O) groups excluding carboxylic acids is 2. The maximum absolute atomic E-state index is 13.0. The zero-order valence-electron chi connectivity index (χ0n) is 20.0. The molecule has 1 saturated heterocycles. The summed E-state index contributed by atoms with van der Waals surface area (Å²) in [4.78, 5) is 29.9. The van der Waals surface area contributed by atoms with Crippen molar-refractivity contribution in [1.82, 2.24) is 10.2 Å². The molecular formula is C29H25ClN4O2S. The van der Waals surface area contributed by atoms with Crippen LogP contribution in [-0.4, -0.2) is 48.0 Å². The molecule has 0 atom stereocenters. The van der Waals surface area contributed by atoms with Crippen LogP contribution in [0.5, 0.6) is 0 Å². The number of fused-ring (bicyclic) bond motifs is 1. The van der Waals surface area contributed by atoms with Gasteiger partial charge in [-0.1, -0.05) is 60.1 Å². The Bertz CT molecular complexity index is 1460. The highest BCUT2D eigenvalue weighted by Crippen LogP contribution is 2.27. The van der Waals surface area contributed by atoms with Crippen LogP contribution in [0.4, 0.5) is 11.4 Å². The van der Waals surface area contributed by atoms with Gasteiger partial charge in [0.1, 0.15) is 0 Å². The van der Waals surface area contributed by atoms with E-state index < -0.39 is 0 Å². The molecule has 2 N–H and O–H groups in total. The lowest BCUT2D eigenvalue weighted by Gasteiger charge is -2.37. The number of rotatable bonds is 4. The summed E-state index contributed by atoms with van der Waals surface area (Å²) in [5.74, 6) is -0.263. The minimum atomic E-state index is -0.263. The molecule has 1 heterocycles. The molecule has 1 aliphatic heterocycles. The molecule has 0 spiro atoms. The van der Waals surface area contributed by atoms with Gasteiger partial charge < -0.3 is 15.1 Å². The van der Waals surface area contributed by atoms with Gasteiger partial charge in [0.2, 0.25) is 0 Å². The Balaban J connectivity index is 1.23. The zero-order valence-corrected chi connectivity index (χ0v) is 21.6. The summed E-state index contributed by atoms with van der Waals surface area (Å²) in [6.45, 7) is 2.54. The molecule has 8 heteroatoms. The molecule has 0 aromatic heterocycles. The van der Waals surface area contributed by atoms with Gasteiger partial charge in [-0.05, 0) is 65.5 Å². The average molecular weight is 529 g/mol. The van der Waals surface area contributed by atoms with E-state index in [-0.39, 0.29) is 16.9 Å². The fourth-order valence-electron chi connectivity index (χ4n) is 4.53. The molecule has 0 aliphatic carbocycles. The molecule has 0 radical (unpaired) electrons. The van der Waals surface area contributed by atoms with E-state index in [1.54, 1.807) is 30.3 Å². The minimum Gasteiger partial charge on any atom is -0.366 e. The van der Waals surface area contributed by atoms with Gasteiger partial charge in [0, 0.05) is 42.3 Å². The van der Waals surface area contributed by atoms with Gasteiger partial charge in [-0.15, -0.1) is 0 Å².